The minimum absolute atomic E-state index is 0. The van der Waals surface area contributed by atoms with Crippen LogP contribution in [0.4, 0.5) is 0 Å². The molecule has 13 heteroatoms. The van der Waals surface area contributed by atoms with Gasteiger partial charge < -0.3 is 39.1 Å². The van der Waals surface area contributed by atoms with Crippen LogP contribution in [-0.4, -0.2) is 60.6 Å². The fourth-order valence-electron chi connectivity index (χ4n) is 8.01. The van der Waals surface area contributed by atoms with Crippen LogP contribution in [0.5, 0.6) is 23.0 Å². The molecule has 12 nitrogen and oxygen atoms in total. The van der Waals surface area contributed by atoms with Gasteiger partial charge in [-0.05, 0) is 129 Å². The molecule has 5 heterocycles. The van der Waals surface area contributed by atoms with Gasteiger partial charge in [0.15, 0.2) is 0 Å². The Morgan fingerprint density at radius 1 is 0.478 bits per heavy atom. The fraction of sp³-hybridized carbons (Fsp3) is 0.0741. The first-order valence-electron chi connectivity index (χ1n) is 20.7. The summed E-state index contributed by atoms with van der Waals surface area (Å²) in [4.78, 5) is 45.2. The van der Waals surface area contributed by atoms with Gasteiger partial charge in [0.1, 0.15) is 28.6 Å². The van der Waals surface area contributed by atoms with E-state index in [1.54, 1.807) is 34.5 Å². The van der Waals surface area contributed by atoms with Crippen LogP contribution in [0.25, 0.3) is 97.0 Å². The van der Waals surface area contributed by atoms with Crippen LogP contribution in [0.3, 0.4) is 0 Å². The van der Waals surface area contributed by atoms with Crippen molar-refractivity contribution in [2.45, 2.75) is 0 Å². The minimum Gasteiger partial charge on any atom is -0.657 e. The molecule has 67 heavy (non-hydrogen) atoms. The summed E-state index contributed by atoms with van der Waals surface area (Å²) in [5, 5.41) is 19.4. The zero-order chi connectivity index (χ0) is 45.9. The molecule has 335 valence electrons. The predicted octanol–water partition coefficient (Wildman–Crippen LogP) is 10.7. The number of hydrogen-bond donors (Lipinski definition) is 2. The van der Waals surface area contributed by atoms with Gasteiger partial charge in [-0.2, -0.15) is 0 Å². The molecule has 0 atom stereocenters. The summed E-state index contributed by atoms with van der Waals surface area (Å²) >= 11 is 0. The van der Waals surface area contributed by atoms with Crippen molar-refractivity contribution in [3.63, 3.8) is 0 Å². The third kappa shape index (κ3) is 9.01. The standard InChI is InChI=1S/C54H42N4O8.Cu/c1-63-36-16-8-31(9-17-36)48-41-24-25-42(55-41)49(32-10-18-37(64-2)19-11-32)44-28-29-46(57-44)51(34-14-22-39(66-4)23-15-34)52-35(6-5-7-40(53(59)60)54(61)62)30-47(58-52)50(45-27-26-43(48)56-45)33-12-20-38(65-3)21-13-33;/h5-30H,1-4H3,(H4,55,56,57,58,59,60,61,62);/q;+2/p-2/b6-5+,48-41?,48-43?,49-42?,49-44?,50-45?,50-47?,51-46?,52-51?;. The summed E-state index contributed by atoms with van der Waals surface area (Å²) in [6.45, 7) is 0. The molecule has 2 aliphatic heterocycles. The molecule has 0 amide bonds. The number of allylic oxidation sites excluding steroid dienone is 2. The van der Waals surface area contributed by atoms with Gasteiger partial charge in [0.2, 0.25) is 0 Å². The Labute approximate surface area is 395 Å². The largest absolute Gasteiger partial charge is 2.00 e. The molecule has 7 aromatic rings. The van der Waals surface area contributed by atoms with Crippen LogP contribution in [0.1, 0.15) is 28.3 Å². The SMILES string of the molecule is COc1ccc(-c2c3nc(c(-c4ccc(OC)cc4)c4cc(/C=C/C=C(C(=O)O)C(=O)O)c([n-]4)c(-c4ccc(OC)cc4)c4nc(c(-c5ccc(OC)cc5)c5ccc2[n-]5)C=C4)C=C3)cc1.[Cu+2]. The molecule has 1 radical (unpaired) electrons. The second kappa shape index (κ2) is 19.4. The number of rotatable bonds is 12. The number of fused-ring (bicyclic) bond motifs is 8. The molecular formula is C54H40CuN4O8. The summed E-state index contributed by atoms with van der Waals surface area (Å²) in [7, 11) is 6.45. The number of aromatic nitrogens is 4. The van der Waals surface area contributed by atoms with E-state index in [0.717, 1.165) is 39.5 Å². The van der Waals surface area contributed by atoms with Gasteiger partial charge in [-0.25, -0.2) is 19.6 Å². The van der Waals surface area contributed by atoms with E-state index < -0.39 is 17.5 Å². The van der Waals surface area contributed by atoms with Crippen molar-refractivity contribution < 1.29 is 55.8 Å². The number of carbonyl (C=O) groups is 2. The van der Waals surface area contributed by atoms with E-state index >= 15 is 0 Å². The van der Waals surface area contributed by atoms with Crippen LogP contribution < -0.4 is 28.9 Å². The van der Waals surface area contributed by atoms with Gasteiger partial charge in [0.25, 0.3) is 0 Å². The molecule has 0 saturated heterocycles. The Morgan fingerprint density at radius 2 is 0.821 bits per heavy atom. The van der Waals surface area contributed by atoms with Crippen LogP contribution >= 0.6 is 0 Å². The first kappa shape index (κ1) is 45.2. The third-order valence-electron chi connectivity index (χ3n) is 11.3. The van der Waals surface area contributed by atoms with Crippen molar-refractivity contribution in [2.75, 3.05) is 28.4 Å². The Kier molecular flexibility index (Phi) is 13.1. The molecule has 2 aliphatic rings. The zero-order valence-electron chi connectivity index (χ0n) is 36.4. The van der Waals surface area contributed by atoms with E-state index in [1.165, 1.54) is 6.08 Å². The maximum absolute atomic E-state index is 11.9. The molecule has 0 aliphatic carbocycles. The average molecular weight is 936 g/mol. The normalized spacial score (nSPS) is 11.5. The van der Waals surface area contributed by atoms with Gasteiger partial charge in [-0.1, -0.05) is 78.9 Å². The summed E-state index contributed by atoms with van der Waals surface area (Å²) in [6.07, 6.45) is 11.9. The van der Waals surface area contributed by atoms with E-state index in [9.17, 15) is 19.8 Å². The Balaban J connectivity index is 0.00000608. The van der Waals surface area contributed by atoms with Gasteiger partial charge in [0.05, 0.1) is 51.2 Å². The van der Waals surface area contributed by atoms with Gasteiger partial charge >= 0.3 is 29.0 Å². The first-order chi connectivity index (χ1) is 32.2. The number of nitrogens with zero attached hydrogens (tertiary/aromatic N) is 4. The fourth-order valence-corrected chi connectivity index (χ4v) is 8.01. The smallest absolute Gasteiger partial charge is 0.657 e. The molecule has 3 aromatic heterocycles. The summed E-state index contributed by atoms with van der Waals surface area (Å²) in [5.41, 5.74) is 10.8. The van der Waals surface area contributed by atoms with E-state index in [-0.39, 0.29) is 17.1 Å². The number of carboxylic acids is 2. The van der Waals surface area contributed by atoms with Gasteiger partial charge in [0, 0.05) is 0 Å². The zero-order valence-corrected chi connectivity index (χ0v) is 37.4. The number of aliphatic carboxylic acids is 2. The molecule has 2 N–H and O–H groups in total. The van der Waals surface area contributed by atoms with Crippen molar-refractivity contribution in [3.8, 4) is 67.5 Å². The number of ether oxygens (including phenoxy) is 4. The van der Waals surface area contributed by atoms with Crippen molar-refractivity contribution in [1.82, 2.24) is 19.9 Å². The monoisotopic (exact) mass is 935 g/mol. The Hall–Kier alpha value is -8.38. The van der Waals surface area contributed by atoms with Crippen molar-refractivity contribution in [1.29, 1.82) is 0 Å². The molecule has 0 saturated carbocycles. The molecule has 0 unspecified atom stereocenters. The van der Waals surface area contributed by atoms with E-state index in [4.69, 9.17) is 38.9 Å². The van der Waals surface area contributed by atoms with Gasteiger partial charge in [-0.3, -0.25) is 0 Å². The Bertz CT molecular complexity index is 3310. The maximum Gasteiger partial charge on any atom is 2.00 e. The number of hydrogen-bond acceptors (Lipinski definition) is 8. The second-order valence-electron chi connectivity index (χ2n) is 15.1. The number of methoxy groups -OCH3 is 4. The first-order valence-corrected chi connectivity index (χ1v) is 20.7. The summed E-state index contributed by atoms with van der Waals surface area (Å²) < 4.78 is 22.1. The minimum atomic E-state index is -1.57. The van der Waals surface area contributed by atoms with E-state index in [1.807, 2.05) is 140 Å². The number of benzene rings is 4. The number of carboxylic acid groups (broad SMARTS) is 2. The van der Waals surface area contributed by atoms with Crippen LogP contribution in [0.2, 0.25) is 0 Å². The van der Waals surface area contributed by atoms with Crippen molar-refractivity contribution >= 4 is 64.4 Å². The van der Waals surface area contributed by atoms with Crippen LogP contribution in [0.15, 0.2) is 133 Å². The van der Waals surface area contributed by atoms with Crippen molar-refractivity contribution in [2.24, 2.45) is 0 Å². The van der Waals surface area contributed by atoms with Gasteiger partial charge in [-0.15, -0.1) is 22.1 Å². The molecule has 9 rings (SSSR count). The third-order valence-corrected chi connectivity index (χ3v) is 11.3. The molecule has 0 fully saturated rings. The maximum atomic E-state index is 11.9. The summed E-state index contributed by atoms with van der Waals surface area (Å²) in [6, 6.07) is 36.5. The topological polar surface area (TPSA) is 166 Å². The van der Waals surface area contributed by atoms with Crippen molar-refractivity contribution in [3.05, 3.63) is 161 Å². The van der Waals surface area contributed by atoms with E-state index in [2.05, 4.69) is 0 Å². The average Bonchev–Trinajstić information content (AvgIpc) is 4.19. The molecule has 4 aromatic carbocycles. The predicted molar refractivity (Wildman–Crippen MR) is 257 cm³/mol. The van der Waals surface area contributed by atoms with E-state index in [0.29, 0.717) is 84.5 Å². The molecule has 8 bridgehead atoms. The molecule has 0 spiro atoms. The van der Waals surface area contributed by atoms with Crippen LogP contribution in [-0.2, 0) is 26.7 Å². The molecular weight excluding hydrogens is 896 g/mol. The van der Waals surface area contributed by atoms with Crippen LogP contribution in [0, 0.1) is 0 Å². The quantitative estimate of drug-likeness (QED) is 0.0392. The second-order valence-corrected chi connectivity index (χ2v) is 15.1. The summed E-state index contributed by atoms with van der Waals surface area (Å²) in [5.74, 6) is -0.433. The Morgan fingerprint density at radius 3 is 1.18 bits per heavy atom.